The molecule has 0 radical (unpaired) electrons. The zero-order chi connectivity index (χ0) is 11.6. The number of oxime groups is 1. The Kier molecular flexibility index (Phi) is 2.64. The molecule has 0 heterocycles. The lowest BCUT2D eigenvalue weighted by Gasteiger charge is -2.23. The van der Waals surface area contributed by atoms with Crippen LogP contribution in [0.1, 0.15) is 24.8 Å². The molecule has 1 aromatic carbocycles. The van der Waals surface area contributed by atoms with Gasteiger partial charge in [0.15, 0.2) is 0 Å². The van der Waals surface area contributed by atoms with Gasteiger partial charge in [-0.05, 0) is 18.4 Å². The first-order chi connectivity index (χ1) is 7.69. The number of benzene rings is 1. The van der Waals surface area contributed by atoms with E-state index in [2.05, 4.69) is 5.16 Å². The normalized spacial score (nSPS) is 27.1. The van der Waals surface area contributed by atoms with Crippen LogP contribution < -0.4 is 0 Å². The summed E-state index contributed by atoms with van der Waals surface area (Å²) >= 11 is 0. The van der Waals surface area contributed by atoms with Gasteiger partial charge in [-0.2, -0.15) is 0 Å². The van der Waals surface area contributed by atoms with Gasteiger partial charge < -0.3 is 10.3 Å². The van der Waals surface area contributed by atoms with Crippen LogP contribution in [0, 0.1) is 0 Å². The molecular weight excluding hydrogens is 206 g/mol. The molecule has 4 nitrogen and oxygen atoms in total. The third-order valence-corrected chi connectivity index (χ3v) is 3.22. The maximum Gasteiger partial charge on any atom is 0.314 e. The lowest BCUT2D eigenvalue weighted by molar-refractivity contribution is -0.143. The monoisotopic (exact) mass is 219 g/mol. The van der Waals surface area contributed by atoms with Crippen LogP contribution in [0.15, 0.2) is 35.5 Å². The average molecular weight is 219 g/mol. The van der Waals surface area contributed by atoms with Crippen LogP contribution >= 0.6 is 0 Å². The fourth-order valence-electron chi connectivity index (χ4n) is 2.28. The van der Waals surface area contributed by atoms with Gasteiger partial charge in [0.2, 0.25) is 0 Å². The van der Waals surface area contributed by atoms with Crippen molar-refractivity contribution >= 4 is 11.7 Å². The molecule has 0 saturated heterocycles. The Hall–Kier alpha value is -1.84. The predicted molar refractivity (Wildman–Crippen MR) is 58.8 cm³/mol. The van der Waals surface area contributed by atoms with Crippen molar-refractivity contribution in [2.24, 2.45) is 5.16 Å². The van der Waals surface area contributed by atoms with Crippen molar-refractivity contribution in [3.05, 3.63) is 35.9 Å². The van der Waals surface area contributed by atoms with Gasteiger partial charge in [-0.1, -0.05) is 35.5 Å². The van der Waals surface area contributed by atoms with Gasteiger partial charge in [0.05, 0.1) is 11.1 Å². The standard InChI is InChI=1S/C12H13NO3/c14-11(15)12(7-6-10(8-12)13-16)9-4-2-1-3-5-9/h1-5,16H,6-8H2,(H,14,15)/b13-10+/t12-/m1/s1. The van der Waals surface area contributed by atoms with E-state index in [1.54, 1.807) is 0 Å². The molecule has 2 N–H and O–H groups in total. The molecule has 4 heteroatoms. The van der Waals surface area contributed by atoms with Crippen molar-refractivity contribution in [3.8, 4) is 0 Å². The average Bonchev–Trinajstić information content (AvgIpc) is 2.75. The fourth-order valence-corrected chi connectivity index (χ4v) is 2.28. The molecule has 1 aromatic rings. The highest BCUT2D eigenvalue weighted by atomic mass is 16.4. The number of nitrogens with zero attached hydrogens (tertiary/aromatic N) is 1. The van der Waals surface area contributed by atoms with Crippen LogP contribution in [0.4, 0.5) is 0 Å². The van der Waals surface area contributed by atoms with Crippen molar-refractivity contribution in [2.75, 3.05) is 0 Å². The van der Waals surface area contributed by atoms with Gasteiger partial charge in [-0.25, -0.2) is 0 Å². The molecule has 1 saturated carbocycles. The number of rotatable bonds is 2. The summed E-state index contributed by atoms with van der Waals surface area (Å²) in [5.41, 5.74) is 0.426. The van der Waals surface area contributed by atoms with E-state index in [9.17, 15) is 9.90 Å². The van der Waals surface area contributed by atoms with Crippen molar-refractivity contribution < 1.29 is 15.1 Å². The fraction of sp³-hybridized carbons (Fsp3) is 0.333. The SMILES string of the molecule is O=C(O)[C@]1(c2ccccc2)CC/C(=N\O)C1. The van der Waals surface area contributed by atoms with Crippen LogP contribution in [0.2, 0.25) is 0 Å². The Balaban J connectivity index is 2.43. The van der Waals surface area contributed by atoms with Crippen LogP contribution in [0.25, 0.3) is 0 Å². The van der Waals surface area contributed by atoms with Gasteiger partial charge in [-0.15, -0.1) is 0 Å². The zero-order valence-corrected chi connectivity index (χ0v) is 8.76. The lowest BCUT2D eigenvalue weighted by atomic mass is 9.79. The second-order valence-electron chi connectivity index (χ2n) is 4.10. The highest BCUT2D eigenvalue weighted by Gasteiger charge is 2.45. The third-order valence-electron chi connectivity index (χ3n) is 3.22. The first-order valence-electron chi connectivity index (χ1n) is 5.18. The second-order valence-corrected chi connectivity index (χ2v) is 4.10. The quantitative estimate of drug-likeness (QED) is 0.590. The number of hydrogen-bond acceptors (Lipinski definition) is 3. The topological polar surface area (TPSA) is 69.9 Å². The molecule has 16 heavy (non-hydrogen) atoms. The highest BCUT2D eigenvalue weighted by Crippen LogP contribution is 2.39. The van der Waals surface area contributed by atoms with E-state index in [1.807, 2.05) is 30.3 Å². The molecule has 0 aliphatic heterocycles. The molecule has 2 rings (SSSR count). The van der Waals surface area contributed by atoms with Crippen LogP contribution in [-0.2, 0) is 10.2 Å². The van der Waals surface area contributed by atoms with Gasteiger partial charge in [-0.3, -0.25) is 4.79 Å². The Bertz CT molecular complexity index is 427. The molecule has 84 valence electrons. The molecule has 0 aromatic heterocycles. The van der Waals surface area contributed by atoms with Crippen molar-refractivity contribution in [3.63, 3.8) is 0 Å². The summed E-state index contributed by atoms with van der Waals surface area (Å²) in [7, 11) is 0. The first kappa shape index (κ1) is 10.7. The number of aliphatic carboxylic acids is 1. The summed E-state index contributed by atoms with van der Waals surface area (Å²) in [6.07, 6.45) is 1.33. The van der Waals surface area contributed by atoms with Gasteiger partial charge in [0.1, 0.15) is 0 Å². The van der Waals surface area contributed by atoms with E-state index in [4.69, 9.17) is 5.21 Å². The molecule has 0 spiro atoms. The summed E-state index contributed by atoms with van der Waals surface area (Å²) in [5.74, 6) is -0.850. The minimum atomic E-state index is -0.914. The van der Waals surface area contributed by atoms with E-state index in [0.29, 0.717) is 25.0 Å². The maximum atomic E-state index is 11.4. The van der Waals surface area contributed by atoms with Crippen molar-refractivity contribution in [1.29, 1.82) is 0 Å². The molecule has 1 aliphatic rings. The number of carboxylic acid groups (broad SMARTS) is 1. The number of carbonyl (C=O) groups is 1. The van der Waals surface area contributed by atoms with E-state index in [-0.39, 0.29) is 0 Å². The Labute approximate surface area is 93.2 Å². The zero-order valence-electron chi connectivity index (χ0n) is 8.76. The number of carboxylic acids is 1. The van der Waals surface area contributed by atoms with Crippen LogP contribution in [0.3, 0.4) is 0 Å². The van der Waals surface area contributed by atoms with Gasteiger partial charge >= 0.3 is 5.97 Å². The maximum absolute atomic E-state index is 11.4. The van der Waals surface area contributed by atoms with Gasteiger partial charge in [0, 0.05) is 6.42 Å². The molecule has 1 fully saturated rings. The van der Waals surface area contributed by atoms with Gasteiger partial charge in [0.25, 0.3) is 0 Å². The van der Waals surface area contributed by atoms with Crippen molar-refractivity contribution in [1.82, 2.24) is 0 Å². The minimum absolute atomic E-state index is 0.294. The summed E-state index contributed by atoms with van der Waals surface area (Å²) in [6, 6.07) is 9.14. The number of hydrogen-bond donors (Lipinski definition) is 2. The minimum Gasteiger partial charge on any atom is -0.481 e. The van der Waals surface area contributed by atoms with E-state index in [1.165, 1.54) is 0 Å². The highest BCUT2D eigenvalue weighted by molar-refractivity contribution is 5.96. The Morgan fingerprint density at radius 3 is 2.50 bits per heavy atom. The molecule has 1 aliphatic carbocycles. The summed E-state index contributed by atoms with van der Waals surface area (Å²) in [4.78, 5) is 11.4. The first-order valence-corrected chi connectivity index (χ1v) is 5.18. The molecule has 0 unspecified atom stereocenters. The van der Waals surface area contributed by atoms with E-state index < -0.39 is 11.4 Å². The smallest absolute Gasteiger partial charge is 0.314 e. The van der Waals surface area contributed by atoms with Crippen LogP contribution in [0.5, 0.6) is 0 Å². The summed E-state index contributed by atoms with van der Waals surface area (Å²) in [5, 5.41) is 21.3. The Morgan fingerprint density at radius 1 is 1.31 bits per heavy atom. The molecule has 0 bridgehead atoms. The predicted octanol–water partition coefficient (Wildman–Crippen LogP) is 2.02. The molecule has 0 amide bonds. The third kappa shape index (κ3) is 1.56. The van der Waals surface area contributed by atoms with E-state index in [0.717, 1.165) is 5.56 Å². The largest absolute Gasteiger partial charge is 0.481 e. The summed E-state index contributed by atoms with van der Waals surface area (Å²) < 4.78 is 0. The Morgan fingerprint density at radius 2 is 2.00 bits per heavy atom. The van der Waals surface area contributed by atoms with Crippen molar-refractivity contribution in [2.45, 2.75) is 24.7 Å². The summed E-state index contributed by atoms with van der Waals surface area (Å²) in [6.45, 7) is 0. The van der Waals surface area contributed by atoms with E-state index >= 15 is 0 Å². The lowest BCUT2D eigenvalue weighted by Crippen LogP contribution is -2.33. The second kappa shape index (κ2) is 3.96. The van der Waals surface area contributed by atoms with Crippen LogP contribution in [-0.4, -0.2) is 22.0 Å². The molecule has 1 atom stereocenters. The molecular formula is C12H13NO3.